The second kappa shape index (κ2) is 6.62. The summed E-state index contributed by atoms with van der Waals surface area (Å²) in [6.45, 7) is 0.0839. The van der Waals surface area contributed by atoms with Crippen LogP contribution in [0.5, 0.6) is 0 Å². The summed E-state index contributed by atoms with van der Waals surface area (Å²) >= 11 is 0. The summed E-state index contributed by atoms with van der Waals surface area (Å²) < 4.78 is 5.22. The van der Waals surface area contributed by atoms with Gasteiger partial charge in [0.1, 0.15) is 5.76 Å². The number of urea groups is 1. The number of carbonyl (C=O) groups excluding carboxylic acids is 2. The summed E-state index contributed by atoms with van der Waals surface area (Å²) in [4.78, 5) is 26.9. The summed E-state index contributed by atoms with van der Waals surface area (Å²) in [7, 11) is 0. The number of furan rings is 1. The van der Waals surface area contributed by atoms with Gasteiger partial charge in [-0.05, 0) is 30.3 Å². The first-order valence-corrected chi connectivity index (χ1v) is 8.39. The number of hydrogen-bond acceptors (Lipinski definition) is 4. The molecule has 7 heteroatoms. The zero-order valence-corrected chi connectivity index (χ0v) is 14.3. The molecule has 0 saturated carbocycles. The molecule has 7 nitrogen and oxygen atoms in total. The first-order chi connectivity index (χ1) is 13.1. The van der Waals surface area contributed by atoms with Gasteiger partial charge < -0.3 is 20.2 Å². The lowest BCUT2D eigenvalue weighted by Gasteiger charge is -2.42. The van der Waals surface area contributed by atoms with Crippen LogP contribution in [0.25, 0.3) is 0 Å². The lowest BCUT2D eigenvalue weighted by molar-refractivity contribution is -0.140. The van der Waals surface area contributed by atoms with Gasteiger partial charge in [-0.2, -0.15) is 0 Å². The van der Waals surface area contributed by atoms with Crippen molar-refractivity contribution in [3.63, 3.8) is 0 Å². The van der Waals surface area contributed by atoms with E-state index >= 15 is 0 Å². The van der Waals surface area contributed by atoms with Crippen molar-refractivity contribution in [3.8, 4) is 0 Å². The Labute approximate surface area is 155 Å². The molecule has 0 bridgehead atoms. The van der Waals surface area contributed by atoms with Gasteiger partial charge in [0.25, 0.3) is 11.6 Å². The lowest BCUT2D eigenvalue weighted by atomic mass is 9.95. The van der Waals surface area contributed by atoms with E-state index in [2.05, 4.69) is 10.6 Å². The van der Waals surface area contributed by atoms with Crippen LogP contribution in [0.2, 0.25) is 0 Å². The minimum Gasteiger partial charge on any atom is -0.467 e. The minimum absolute atomic E-state index is 0.0839. The van der Waals surface area contributed by atoms with Gasteiger partial charge in [0.05, 0.1) is 18.5 Å². The van der Waals surface area contributed by atoms with Gasteiger partial charge in [-0.3, -0.25) is 9.69 Å². The minimum atomic E-state index is -2.22. The molecule has 1 aliphatic heterocycles. The number of hydrogen-bond donors (Lipinski definition) is 3. The van der Waals surface area contributed by atoms with Gasteiger partial charge in [0.15, 0.2) is 0 Å². The fourth-order valence-electron chi connectivity index (χ4n) is 3.14. The molecule has 0 radical (unpaired) electrons. The third-order valence-electron chi connectivity index (χ3n) is 4.41. The smallest absolute Gasteiger partial charge is 0.329 e. The van der Waals surface area contributed by atoms with Crippen LogP contribution in [0, 0.1) is 0 Å². The van der Waals surface area contributed by atoms with Crippen LogP contribution in [0.15, 0.2) is 77.4 Å². The molecular formula is C20H17N3O4. The Kier molecular flexibility index (Phi) is 4.13. The largest absolute Gasteiger partial charge is 0.467 e. The van der Waals surface area contributed by atoms with Gasteiger partial charge in [-0.1, -0.05) is 36.4 Å². The highest BCUT2D eigenvalue weighted by Crippen LogP contribution is 2.39. The average molecular weight is 363 g/mol. The highest BCUT2D eigenvalue weighted by molar-refractivity contribution is 6.11. The number of benzene rings is 2. The summed E-state index contributed by atoms with van der Waals surface area (Å²) in [5.74, 6) is -0.197. The number of anilines is 2. The van der Waals surface area contributed by atoms with Gasteiger partial charge >= 0.3 is 6.03 Å². The standard InChI is InChI=1S/C20H17N3O4/c24-18(21-13-15-9-6-12-27-15)20(26)16-10-4-5-11-17(16)22-19(25)23(20)14-7-2-1-3-8-14/h1-12,26H,13H2,(H,21,24)(H,22,25)/t20-/m0/s1. The van der Waals surface area contributed by atoms with E-state index in [1.807, 2.05) is 0 Å². The van der Waals surface area contributed by atoms with Crippen LogP contribution >= 0.6 is 0 Å². The van der Waals surface area contributed by atoms with Crippen LogP contribution < -0.4 is 15.5 Å². The van der Waals surface area contributed by atoms with Crippen molar-refractivity contribution in [2.75, 3.05) is 10.2 Å². The molecule has 0 aliphatic carbocycles. The Hall–Kier alpha value is -3.58. The molecule has 0 spiro atoms. The summed E-state index contributed by atoms with van der Waals surface area (Å²) in [5, 5.41) is 16.9. The number of carbonyl (C=O) groups is 2. The number of fused-ring (bicyclic) bond motifs is 1. The van der Waals surface area contributed by atoms with E-state index < -0.39 is 17.7 Å². The maximum atomic E-state index is 13.1. The predicted octanol–water partition coefficient (Wildman–Crippen LogP) is 2.79. The van der Waals surface area contributed by atoms with E-state index in [1.165, 1.54) is 6.26 Å². The molecule has 27 heavy (non-hydrogen) atoms. The molecule has 1 aromatic heterocycles. The molecule has 3 N–H and O–H groups in total. The number of para-hydroxylation sites is 2. The predicted molar refractivity (Wildman–Crippen MR) is 98.8 cm³/mol. The number of rotatable bonds is 4. The zero-order valence-electron chi connectivity index (χ0n) is 14.3. The lowest BCUT2D eigenvalue weighted by Crippen LogP contribution is -2.62. The summed E-state index contributed by atoms with van der Waals surface area (Å²) in [5.41, 5.74) is -1.16. The monoisotopic (exact) mass is 363 g/mol. The van der Waals surface area contributed by atoms with E-state index in [0.717, 1.165) is 4.90 Å². The molecule has 1 aliphatic rings. The number of nitrogens with one attached hydrogen (secondary N) is 2. The van der Waals surface area contributed by atoms with Crippen LogP contribution in [-0.2, 0) is 17.1 Å². The van der Waals surface area contributed by atoms with Crippen molar-refractivity contribution >= 4 is 23.3 Å². The molecule has 0 saturated heterocycles. The van der Waals surface area contributed by atoms with E-state index in [9.17, 15) is 14.7 Å². The van der Waals surface area contributed by atoms with Crippen molar-refractivity contribution in [3.05, 3.63) is 84.3 Å². The van der Waals surface area contributed by atoms with Crippen molar-refractivity contribution in [2.45, 2.75) is 12.3 Å². The SMILES string of the molecule is O=C1Nc2ccccc2[C@](O)(C(=O)NCc2ccco2)N1c1ccccc1. The summed E-state index contributed by atoms with van der Waals surface area (Å²) in [6, 6.07) is 18.0. The van der Waals surface area contributed by atoms with Crippen LogP contribution in [-0.4, -0.2) is 17.0 Å². The van der Waals surface area contributed by atoms with Gasteiger partial charge in [-0.15, -0.1) is 0 Å². The first-order valence-electron chi connectivity index (χ1n) is 8.39. The van der Waals surface area contributed by atoms with Gasteiger partial charge in [0, 0.05) is 11.3 Å². The quantitative estimate of drug-likeness (QED) is 0.664. The van der Waals surface area contributed by atoms with Gasteiger partial charge in [-0.25, -0.2) is 4.79 Å². The fraction of sp³-hybridized carbons (Fsp3) is 0.100. The second-order valence-electron chi connectivity index (χ2n) is 6.08. The van der Waals surface area contributed by atoms with E-state index in [-0.39, 0.29) is 12.1 Å². The van der Waals surface area contributed by atoms with Crippen molar-refractivity contribution in [2.24, 2.45) is 0 Å². The Morgan fingerprint density at radius 1 is 1.07 bits per heavy atom. The molecule has 1 atom stereocenters. The molecule has 4 rings (SSSR count). The molecular weight excluding hydrogens is 346 g/mol. The van der Waals surface area contributed by atoms with Crippen LogP contribution in [0.3, 0.4) is 0 Å². The zero-order chi connectivity index (χ0) is 18.9. The normalized spacial score (nSPS) is 18.6. The highest BCUT2D eigenvalue weighted by Gasteiger charge is 2.51. The number of aliphatic hydroxyl groups is 1. The maximum Gasteiger partial charge on any atom is 0.329 e. The van der Waals surface area contributed by atoms with E-state index in [4.69, 9.17) is 4.42 Å². The molecule has 2 heterocycles. The Morgan fingerprint density at radius 3 is 2.56 bits per heavy atom. The second-order valence-corrected chi connectivity index (χ2v) is 6.08. The van der Waals surface area contributed by atoms with E-state index in [1.54, 1.807) is 66.7 Å². The summed E-state index contributed by atoms with van der Waals surface area (Å²) in [6.07, 6.45) is 1.50. The molecule has 3 aromatic rings. The number of nitrogens with zero attached hydrogens (tertiary/aromatic N) is 1. The highest BCUT2D eigenvalue weighted by atomic mass is 16.3. The first kappa shape index (κ1) is 16.9. The Balaban J connectivity index is 1.78. The molecule has 2 aromatic carbocycles. The molecule has 0 fully saturated rings. The Bertz CT molecular complexity index is 972. The van der Waals surface area contributed by atoms with Crippen molar-refractivity contribution < 1.29 is 19.1 Å². The third-order valence-corrected chi connectivity index (χ3v) is 4.41. The molecule has 0 unspecified atom stereocenters. The Morgan fingerprint density at radius 2 is 1.81 bits per heavy atom. The van der Waals surface area contributed by atoms with Crippen LogP contribution in [0.4, 0.5) is 16.2 Å². The molecule has 136 valence electrons. The van der Waals surface area contributed by atoms with Crippen molar-refractivity contribution in [1.29, 1.82) is 0 Å². The average Bonchev–Trinajstić information content (AvgIpc) is 3.20. The van der Waals surface area contributed by atoms with E-state index in [0.29, 0.717) is 17.1 Å². The van der Waals surface area contributed by atoms with Crippen molar-refractivity contribution in [1.82, 2.24) is 5.32 Å². The third kappa shape index (κ3) is 2.84. The van der Waals surface area contributed by atoms with Gasteiger partial charge in [0.2, 0.25) is 0 Å². The molecule has 3 amide bonds. The fourth-order valence-corrected chi connectivity index (χ4v) is 3.14. The maximum absolute atomic E-state index is 13.1. The number of amides is 3. The van der Waals surface area contributed by atoms with Crippen LogP contribution in [0.1, 0.15) is 11.3 Å². The topological polar surface area (TPSA) is 94.8 Å².